The minimum atomic E-state index is 0.133. The van der Waals surface area contributed by atoms with Crippen LogP contribution in [-0.2, 0) is 11.3 Å². The van der Waals surface area contributed by atoms with E-state index in [1.54, 1.807) is 17.5 Å². The van der Waals surface area contributed by atoms with E-state index in [0.29, 0.717) is 6.54 Å². The Morgan fingerprint density at radius 1 is 1.38 bits per heavy atom. The molecule has 3 nitrogen and oxygen atoms in total. The third-order valence-electron chi connectivity index (χ3n) is 3.70. The van der Waals surface area contributed by atoms with Crippen molar-refractivity contribution in [3.63, 3.8) is 0 Å². The van der Waals surface area contributed by atoms with Crippen molar-refractivity contribution in [3.8, 4) is 10.6 Å². The van der Waals surface area contributed by atoms with E-state index < -0.39 is 0 Å². The van der Waals surface area contributed by atoms with Gasteiger partial charge in [-0.05, 0) is 48.4 Å². The van der Waals surface area contributed by atoms with E-state index in [2.05, 4.69) is 28.5 Å². The van der Waals surface area contributed by atoms with Crippen molar-refractivity contribution in [3.05, 3.63) is 53.6 Å². The Morgan fingerprint density at radius 2 is 2.33 bits per heavy atom. The van der Waals surface area contributed by atoms with Crippen molar-refractivity contribution in [2.24, 2.45) is 5.92 Å². The summed E-state index contributed by atoms with van der Waals surface area (Å²) in [6.07, 6.45) is 8.90. The number of hydrogen-bond donors (Lipinski definition) is 1. The largest absolute Gasteiger partial charge is 0.352 e. The molecule has 108 valence electrons. The lowest BCUT2D eigenvalue weighted by Crippen LogP contribution is -2.30. The van der Waals surface area contributed by atoms with E-state index in [1.807, 2.05) is 23.6 Å². The molecule has 1 aliphatic carbocycles. The van der Waals surface area contributed by atoms with Gasteiger partial charge in [-0.3, -0.25) is 9.78 Å². The van der Waals surface area contributed by atoms with Crippen molar-refractivity contribution < 1.29 is 4.79 Å². The van der Waals surface area contributed by atoms with Gasteiger partial charge >= 0.3 is 0 Å². The molecule has 2 aromatic heterocycles. The quantitative estimate of drug-likeness (QED) is 0.873. The summed E-state index contributed by atoms with van der Waals surface area (Å²) >= 11 is 1.67. The number of carbonyl (C=O) groups excluding carboxylic acids is 1. The average Bonchev–Trinajstić information content (AvgIpc) is 3.08. The standard InChI is InChI=1S/C17H18N2OS/c20-17(14-5-2-1-3-6-14)19-12-13-8-9-18-15(11-13)16-7-4-10-21-16/h1-2,4,7-11,14H,3,5-6,12H2,(H,19,20). The van der Waals surface area contributed by atoms with Crippen LogP contribution in [0.3, 0.4) is 0 Å². The van der Waals surface area contributed by atoms with E-state index in [1.165, 1.54) is 0 Å². The highest BCUT2D eigenvalue weighted by Gasteiger charge is 2.18. The number of rotatable bonds is 4. The van der Waals surface area contributed by atoms with Crippen LogP contribution in [0.2, 0.25) is 0 Å². The first-order valence-electron chi connectivity index (χ1n) is 7.24. The Kier molecular flexibility index (Phi) is 4.46. The maximum Gasteiger partial charge on any atom is 0.223 e. The second kappa shape index (κ2) is 6.68. The number of nitrogens with one attached hydrogen (secondary N) is 1. The van der Waals surface area contributed by atoms with Crippen LogP contribution in [0, 0.1) is 5.92 Å². The van der Waals surface area contributed by atoms with Gasteiger partial charge in [0.15, 0.2) is 0 Å². The highest BCUT2D eigenvalue weighted by Crippen LogP contribution is 2.23. The number of amides is 1. The summed E-state index contributed by atoms with van der Waals surface area (Å²) in [6, 6.07) is 8.08. The van der Waals surface area contributed by atoms with Gasteiger partial charge in [0.1, 0.15) is 0 Å². The average molecular weight is 298 g/mol. The molecule has 0 radical (unpaired) electrons. The molecule has 0 saturated carbocycles. The normalized spacial score (nSPS) is 17.6. The van der Waals surface area contributed by atoms with E-state index in [4.69, 9.17) is 0 Å². The second-order valence-corrected chi connectivity index (χ2v) is 6.17. The van der Waals surface area contributed by atoms with Gasteiger partial charge in [0.25, 0.3) is 0 Å². The summed E-state index contributed by atoms with van der Waals surface area (Å²) < 4.78 is 0. The lowest BCUT2D eigenvalue weighted by molar-refractivity contribution is -0.125. The monoisotopic (exact) mass is 298 g/mol. The van der Waals surface area contributed by atoms with Gasteiger partial charge < -0.3 is 5.32 Å². The van der Waals surface area contributed by atoms with E-state index in [-0.39, 0.29) is 11.8 Å². The summed E-state index contributed by atoms with van der Waals surface area (Å²) in [6.45, 7) is 0.569. The van der Waals surface area contributed by atoms with Gasteiger partial charge in [-0.2, -0.15) is 0 Å². The van der Waals surface area contributed by atoms with Crippen molar-refractivity contribution in [1.82, 2.24) is 10.3 Å². The Hall–Kier alpha value is -1.94. The predicted molar refractivity (Wildman–Crippen MR) is 85.9 cm³/mol. The number of pyridine rings is 1. The first-order valence-corrected chi connectivity index (χ1v) is 8.12. The Balaban J connectivity index is 1.61. The fraction of sp³-hybridized carbons (Fsp3) is 0.294. The van der Waals surface area contributed by atoms with Crippen LogP contribution in [0.15, 0.2) is 48.0 Å². The molecular formula is C17H18N2OS. The first-order chi connectivity index (χ1) is 10.3. The predicted octanol–water partition coefficient (Wildman–Crippen LogP) is 3.78. The maximum absolute atomic E-state index is 12.1. The SMILES string of the molecule is O=C(NCc1ccnc(-c2cccs2)c1)C1CC=CCC1. The van der Waals surface area contributed by atoms with Crippen molar-refractivity contribution in [1.29, 1.82) is 0 Å². The van der Waals surface area contributed by atoms with Crippen LogP contribution in [-0.4, -0.2) is 10.9 Å². The molecule has 0 bridgehead atoms. The smallest absolute Gasteiger partial charge is 0.223 e. The molecule has 1 amide bonds. The van der Waals surface area contributed by atoms with Gasteiger partial charge in [0.05, 0.1) is 10.6 Å². The van der Waals surface area contributed by atoms with E-state index >= 15 is 0 Å². The minimum absolute atomic E-state index is 0.133. The van der Waals surface area contributed by atoms with Crippen LogP contribution in [0.4, 0.5) is 0 Å². The van der Waals surface area contributed by atoms with Crippen LogP contribution in [0.1, 0.15) is 24.8 Å². The van der Waals surface area contributed by atoms with Gasteiger partial charge in [0.2, 0.25) is 5.91 Å². The molecule has 4 heteroatoms. The fourth-order valence-corrected chi connectivity index (χ4v) is 3.20. The molecule has 21 heavy (non-hydrogen) atoms. The molecule has 2 heterocycles. The van der Waals surface area contributed by atoms with Crippen molar-refractivity contribution in [2.75, 3.05) is 0 Å². The van der Waals surface area contributed by atoms with Gasteiger partial charge in [-0.15, -0.1) is 11.3 Å². The summed E-state index contributed by atoms with van der Waals surface area (Å²) in [5, 5.41) is 5.09. The number of hydrogen-bond acceptors (Lipinski definition) is 3. The molecule has 0 spiro atoms. The number of aromatic nitrogens is 1. The zero-order chi connectivity index (χ0) is 14.5. The Morgan fingerprint density at radius 3 is 3.10 bits per heavy atom. The molecule has 1 atom stereocenters. The molecule has 0 aliphatic heterocycles. The molecule has 3 rings (SSSR count). The summed E-state index contributed by atoms with van der Waals surface area (Å²) in [4.78, 5) is 17.7. The van der Waals surface area contributed by atoms with E-state index in [0.717, 1.165) is 35.4 Å². The molecule has 2 aromatic rings. The molecule has 0 saturated heterocycles. The fourth-order valence-electron chi connectivity index (χ4n) is 2.51. The minimum Gasteiger partial charge on any atom is -0.352 e. The third-order valence-corrected chi connectivity index (χ3v) is 4.60. The Bertz CT molecular complexity index is 634. The van der Waals surface area contributed by atoms with Gasteiger partial charge in [0, 0.05) is 18.7 Å². The summed E-state index contributed by atoms with van der Waals surface area (Å²) in [5.41, 5.74) is 2.06. The zero-order valence-electron chi connectivity index (χ0n) is 11.8. The highest BCUT2D eigenvalue weighted by molar-refractivity contribution is 7.13. The van der Waals surface area contributed by atoms with Gasteiger partial charge in [-0.25, -0.2) is 0 Å². The van der Waals surface area contributed by atoms with Gasteiger partial charge in [-0.1, -0.05) is 18.2 Å². The number of thiophene rings is 1. The molecule has 1 unspecified atom stereocenters. The van der Waals surface area contributed by atoms with E-state index in [9.17, 15) is 4.79 Å². The maximum atomic E-state index is 12.1. The van der Waals surface area contributed by atoms with Crippen molar-refractivity contribution >= 4 is 17.2 Å². The van der Waals surface area contributed by atoms with Crippen LogP contribution in [0.25, 0.3) is 10.6 Å². The summed E-state index contributed by atoms with van der Waals surface area (Å²) in [5.74, 6) is 0.294. The van der Waals surface area contributed by atoms with Crippen LogP contribution < -0.4 is 5.32 Å². The molecule has 0 aromatic carbocycles. The highest BCUT2D eigenvalue weighted by atomic mass is 32.1. The summed E-state index contributed by atoms with van der Waals surface area (Å²) in [7, 11) is 0. The molecule has 0 fully saturated rings. The molecule has 1 aliphatic rings. The second-order valence-electron chi connectivity index (χ2n) is 5.23. The lowest BCUT2D eigenvalue weighted by atomic mass is 9.93. The first kappa shape index (κ1) is 14.0. The third kappa shape index (κ3) is 3.58. The zero-order valence-corrected chi connectivity index (χ0v) is 12.6. The molecule has 1 N–H and O–H groups in total. The van der Waals surface area contributed by atoms with Crippen molar-refractivity contribution in [2.45, 2.75) is 25.8 Å². The van der Waals surface area contributed by atoms with Crippen LogP contribution >= 0.6 is 11.3 Å². The topological polar surface area (TPSA) is 42.0 Å². The molecular weight excluding hydrogens is 280 g/mol. The van der Waals surface area contributed by atoms with Crippen LogP contribution in [0.5, 0.6) is 0 Å². The Labute approximate surface area is 128 Å². The number of carbonyl (C=O) groups is 1. The number of nitrogens with zero attached hydrogens (tertiary/aromatic N) is 1. The lowest BCUT2D eigenvalue weighted by Gasteiger charge is -2.17. The number of allylic oxidation sites excluding steroid dienone is 2.